The van der Waals surface area contributed by atoms with Gasteiger partial charge in [0.2, 0.25) is 0 Å². The molecule has 1 aromatic carbocycles. The average Bonchev–Trinajstić information content (AvgIpc) is 2.46. The highest BCUT2D eigenvalue weighted by molar-refractivity contribution is 5.27. The Labute approximate surface area is 128 Å². The predicted molar refractivity (Wildman–Crippen MR) is 86.0 cm³/mol. The van der Waals surface area contributed by atoms with Crippen LogP contribution in [0, 0.1) is 23.2 Å². The monoisotopic (exact) mass is 284 g/mol. The molecule has 1 heteroatoms. The first-order valence-electron chi connectivity index (χ1n) is 8.95. The lowest BCUT2D eigenvalue weighted by Gasteiger charge is -2.58. The van der Waals surface area contributed by atoms with E-state index < -0.39 is 0 Å². The lowest BCUT2D eigenvalue weighted by Crippen LogP contribution is -2.48. The maximum Gasteiger partial charge on any atom is 0.0846 e. The molecule has 4 bridgehead atoms. The molecule has 0 aliphatic heterocycles. The summed E-state index contributed by atoms with van der Waals surface area (Å²) < 4.78 is 0. The average molecular weight is 284 g/mol. The van der Waals surface area contributed by atoms with Crippen molar-refractivity contribution >= 4 is 0 Å². The molecule has 1 N–H and O–H groups in total. The molecule has 21 heavy (non-hydrogen) atoms. The van der Waals surface area contributed by atoms with Gasteiger partial charge in [-0.1, -0.05) is 37.6 Å². The van der Waals surface area contributed by atoms with Gasteiger partial charge in [0.15, 0.2) is 0 Å². The van der Waals surface area contributed by atoms with E-state index in [1.165, 1.54) is 56.1 Å². The number of aryl methyl sites for hydroxylation is 1. The molecule has 0 heterocycles. The summed E-state index contributed by atoms with van der Waals surface area (Å²) in [6, 6.07) is 8.78. The SMILES string of the molecule is CCCc1cccc(C(O)C23CC4CC(CC(C4)C2)C3)c1. The van der Waals surface area contributed by atoms with E-state index in [-0.39, 0.29) is 11.5 Å². The maximum absolute atomic E-state index is 11.2. The van der Waals surface area contributed by atoms with Crippen LogP contribution in [-0.4, -0.2) is 5.11 Å². The standard InChI is InChI=1S/C20H28O/c1-2-4-14-5-3-6-18(10-14)19(21)20-11-15-7-16(12-20)9-17(8-15)13-20/h3,5-6,10,15-17,19,21H,2,4,7-9,11-13H2,1H3. The van der Waals surface area contributed by atoms with Crippen LogP contribution in [0.2, 0.25) is 0 Å². The van der Waals surface area contributed by atoms with Gasteiger partial charge < -0.3 is 5.11 Å². The molecular formula is C20H28O. The van der Waals surface area contributed by atoms with Crippen LogP contribution < -0.4 is 0 Å². The summed E-state index contributed by atoms with van der Waals surface area (Å²) in [4.78, 5) is 0. The minimum atomic E-state index is -0.234. The van der Waals surface area contributed by atoms with E-state index in [0.29, 0.717) is 0 Å². The molecule has 4 aliphatic rings. The zero-order valence-corrected chi connectivity index (χ0v) is 13.2. The Kier molecular flexibility index (Phi) is 3.37. The van der Waals surface area contributed by atoms with Gasteiger partial charge >= 0.3 is 0 Å². The molecule has 1 unspecified atom stereocenters. The molecule has 0 aromatic heterocycles. The van der Waals surface area contributed by atoms with Gasteiger partial charge in [0.25, 0.3) is 0 Å². The van der Waals surface area contributed by atoms with Crippen LogP contribution >= 0.6 is 0 Å². The van der Waals surface area contributed by atoms with Crippen LogP contribution in [0.25, 0.3) is 0 Å². The summed E-state index contributed by atoms with van der Waals surface area (Å²) in [6.07, 6.45) is 10.2. The lowest BCUT2D eigenvalue weighted by atomic mass is 9.47. The smallest absolute Gasteiger partial charge is 0.0846 e. The third-order valence-corrected chi connectivity index (χ3v) is 6.47. The summed E-state index contributed by atoms with van der Waals surface area (Å²) in [5.41, 5.74) is 2.78. The zero-order valence-electron chi connectivity index (χ0n) is 13.2. The fourth-order valence-electron chi connectivity index (χ4n) is 6.07. The second-order valence-corrected chi connectivity index (χ2v) is 8.18. The van der Waals surface area contributed by atoms with E-state index in [0.717, 1.165) is 24.2 Å². The number of aliphatic hydroxyl groups excluding tert-OH is 1. The van der Waals surface area contributed by atoms with Crippen molar-refractivity contribution in [1.29, 1.82) is 0 Å². The van der Waals surface area contributed by atoms with E-state index in [4.69, 9.17) is 0 Å². The van der Waals surface area contributed by atoms with Crippen LogP contribution in [0.5, 0.6) is 0 Å². The van der Waals surface area contributed by atoms with Crippen LogP contribution in [0.3, 0.4) is 0 Å². The first kappa shape index (κ1) is 13.8. The van der Waals surface area contributed by atoms with Crippen molar-refractivity contribution in [2.45, 2.75) is 64.4 Å². The van der Waals surface area contributed by atoms with Gasteiger partial charge in [0.1, 0.15) is 0 Å². The zero-order chi connectivity index (χ0) is 14.4. The molecule has 0 radical (unpaired) electrons. The van der Waals surface area contributed by atoms with Gasteiger partial charge in [-0.3, -0.25) is 0 Å². The highest BCUT2D eigenvalue weighted by Gasteiger charge is 2.54. The van der Waals surface area contributed by atoms with Gasteiger partial charge in [0, 0.05) is 5.41 Å². The molecule has 0 saturated heterocycles. The summed E-state index contributed by atoms with van der Waals surface area (Å²) in [5, 5.41) is 11.2. The van der Waals surface area contributed by atoms with Gasteiger partial charge in [-0.25, -0.2) is 0 Å². The third-order valence-electron chi connectivity index (χ3n) is 6.47. The third kappa shape index (κ3) is 2.34. The molecule has 4 aliphatic carbocycles. The molecule has 0 amide bonds. The van der Waals surface area contributed by atoms with E-state index >= 15 is 0 Å². The van der Waals surface area contributed by atoms with Crippen LogP contribution in [0.1, 0.15) is 69.1 Å². The second-order valence-electron chi connectivity index (χ2n) is 8.18. The van der Waals surface area contributed by atoms with E-state index in [9.17, 15) is 5.11 Å². The summed E-state index contributed by atoms with van der Waals surface area (Å²) in [5.74, 6) is 2.72. The highest BCUT2D eigenvalue weighted by Crippen LogP contribution is 2.64. The Morgan fingerprint density at radius 2 is 1.71 bits per heavy atom. The van der Waals surface area contributed by atoms with Gasteiger partial charge in [-0.15, -0.1) is 0 Å². The van der Waals surface area contributed by atoms with Crippen molar-refractivity contribution in [2.24, 2.45) is 23.2 Å². The lowest BCUT2D eigenvalue weighted by molar-refractivity contribution is -0.122. The largest absolute Gasteiger partial charge is 0.388 e. The molecule has 4 fully saturated rings. The number of benzene rings is 1. The predicted octanol–water partition coefficient (Wildman–Crippen LogP) is 4.89. The Balaban J connectivity index is 1.62. The summed E-state index contributed by atoms with van der Waals surface area (Å²) in [7, 11) is 0. The molecule has 4 saturated carbocycles. The molecule has 5 rings (SSSR count). The van der Waals surface area contributed by atoms with Crippen LogP contribution in [0.15, 0.2) is 24.3 Å². The second kappa shape index (κ2) is 5.12. The Morgan fingerprint density at radius 3 is 2.29 bits per heavy atom. The molecule has 1 aromatic rings. The number of hydrogen-bond acceptors (Lipinski definition) is 1. The molecular weight excluding hydrogens is 256 g/mol. The molecule has 1 nitrogen and oxygen atoms in total. The van der Waals surface area contributed by atoms with Crippen LogP contribution in [0.4, 0.5) is 0 Å². The molecule has 1 atom stereocenters. The van der Waals surface area contributed by atoms with Crippen molar-refractivity contribution in [1.82, 2.24) is 0 Å². The minimum Gasteiger partial charge on any atom is -0.388 e. The quantitative estimate of drug-likeness (QED) is 0.834. The van der Waals surface area contributed by atoms with E-state index in [1.807, 2.05) is 0 Å². The van der Waals surface area contributed by atoms with Gasteiger partial charge in [-0.2, -0.15) is 0 Å². The normalized spacial score (nSPS) is 38.7. The maximum atomic E-state index is 11.2. The number of hydrogen-bond donors (Lipinski definition) is 1. The van der Waals surface area contributed by atoms with E-state index in [1.54, 1.807) is 0 Å². The highest BCUT2D eigenvalue weighted by atomic mass is 16.3. The fourth-order valence-corrected chi connectivity index (χ4v) is 6.07. The first-order valence-corrected chi connectivity index (χ1v) is 8.95. The summed E-state index contributed by atoms with van der Waals surface area (Å²) >= 11 is 0. The fraction of sp³-hybridized carbons (Fsp3) is 0.700. The van der Waals surface area contributed by atoms with Crippen molar-refractivity contribution < 1.29 is 5.11 Å². The van der Waals surface area contributed by atoms with Crippen LogP contribution in [-0.2, 0) is 6.42 Å². The van der Waals surface area contributed by atoms with Crippen molar-refractivity contribution in [3.8, 4) is 0 Å². The Morgan fingerprint density at radius 1 is 1.10 bits per heavy atom. The number of aliphatic hydroxyl groups is 1. The van der Waals surface area contributed by atoms with Crippen molar-refractivity contribution in [2.75, 3.05) is 0 Å². The van der Waals surface area contributed by atoms with Gasteiger partial charge in [0.05, 0.1) is 6.10 Å². The number of rotatable bonds is 4. The Bertz CT molecular complexity index is 483. The first-order chi connectivity index (χ1) is 10.2. The van der Waals surface area contributed by atoms with Crippen molar-refractivity contribution in [3.63, 3.8) is 0 Å². The summed E-state index contributed by atoms with van der Waals surface area (Å²) in [6.45, 7) is 2.22. The minimum absolute atomic E-state index is 0.208. The Hall–Kier alpha value is -0.820. The van der Waals surface area contributed by atoms with Crippen molar-refractivity contribution in [3.05, 3.63) is 35.4 Å². The van der Waals surface area contributed by atoms with Gasteiger partial charge in [-0.05, 0) is 73.8 Å². The van der Waals surface area contributed by atoms with E-state index in [2.05, 4.69) is 31.2 Å². The molecule has 0 spiro atoms. The molecule has 114 valence electrons. The topological polar surface area (TPSA) is 20.2 Å².